The molecule has 32 heavy (non-hydrogen) atoms. The van der Waals surface area contributed by atoms with Gasteiger partial charge in [0.1, 0.15) is 11.4 Å². The van der Waals surface area contributed by atoms with Gasteiger partial charge in [0, 0.05) is 12.2 Å². The van der Waals surface area contributed by atoms with E-state index in [2.05, 4.69) is 21.9 Å². The van der Waals surface area contributed by atoms with E-state index in [-0.39, 0.29) is 5.91 Å². The van der Waals surface area contributed by atoms with Gasteiger partial charge in [-0.1, -0.05) is 75.4 Å². The molecule has 0 spiro atoms. The van der Waals surface area contributed by atoms with Crippen molar-refractivity contribution in [2.75, 3.05) is 11.4 Å². The Balaban J connectivity index is 1.54. The van der Waals surface area contributed by atoms with E-state index in [9.17, 15) is 4.79 Å². The molecule has 2 heterocycles. The van der Waals surface area contributed by atoms with Gasteiger partial charge in [-0.25, -0.2) is 9.97 Å². The maximum absolute atomic E-state index is 13.5. The van der Waals surface area contributed by atoms with Crippen LogP contribution in [0, 0.1) is 0 Å². The Morgan fingerprint density at radius 3 is 2.38 bits per heavy atom. The highest BCUT2D eigenvalue weighted by Gasteiger charge is 2.19. The number of para-hydroxylation sites is 3. The Hall–Kier alpha value is -3.47. The summed E-state index contributed by atoms with van der Waals surface area (Å²) in [5, 5.41) is 0. The highest BCUT2D eigenvalue weighted by atomic mass is 16.2. The number of H-pyrrole nitrogens is 1. The number of hydrogen-bond donors (Lipinski definition) is 1. The van der Waals surface area contributed by atoms with Crippen LogP contribution in [0.1, 0.15) is 55.9 Å². The van der Waals surface area contributed by atoms with Crippen LogP contribution in [0.2, 0.25) is 0 Å². The fourth-order valence-corrected chi connectivity index (χ4v) is 3.90. The minimum Gasteiger partial charge on any atom is -0.337 e. The second-order valence-corrected chi connectivity index (χ2v) is 8.07. The van der Waals surface area contributed by atoms with Gasteiger partial charge >= 0.3 is 0 Å². The highest BCUT2D eigenvalue weighted by Crippen LogP contribution is 2.21. The number of carbonyl (C=O) groups excluding carboxylic acids is 1. The molecule has 0 aliphatic rings. The number of benzene rings is 2. The zero-order chi connectivity index (χ0) is 22.2. The average Bonchev–Trinajstić information content (AvgIpc) is 3.28. The highest BCUT2D eigenvalue weighted by molar-refractivity contribution is 6.05. The Kier molecular flexibility index (Phi) is 7.28. The second kappa shape index (κ2) is 10.7. The topological polar surface area (TPSA) is 61.9 Å². The fourth-order valence-electron chi connectivity index (χ4n) is 3.90. The maximum atomic E-state index is 13.5. The Morgan fingerprint density at radius 1 is 0.812 bits per heavy atom. The molecule has 0 bridgehead atoms. The van der Waals surface area contributed by atoms with E-state index in [1.54, 1.807) is 6.07 Å². The number of pyridine rings is 1. The Morgan fingerprint density at radius 2 is 1.56 bits per heavy atom. The lowest BCUT2D eigenvalue weighted by molar-refractivity contribution is 0.0981. The van der Waals surface area contributed by atoms with Gasteiger partial charge in [-0.2, -0.15) is 0 Å². The molecule has 0 radical (unpaired) electrons. The number of nitrogens with one attached hydrogen (secondary N) is 1. The van der Waals surface area contributed by atoms with Crippen LogP contribution >= 0.6 is 0 Å². The molecule has 1 N–H and O–H groups in total. The van der Waals surface area contributed by atoms with Crippen LogP contribution in [0.4, 0.5) is 5.69 Å². The molecule has 5 heteroatoms. The molecule has 4 aromatic rings. The zero-order valence-electron chi connectivity index (χ0n) is 18.6. The summed E-state index contributed by atoms with van der Waals surface area (Å²) in [6.45, 7) is 2.91. The van der Waals surface area contributed by atoms with Crippen molar-refractivity contribution in [3.05, 3.63) is 78.5 Å². The van der Waals surface area contributed by atoms with E-state index in [1.165, 1.54) is 25.7 Å². The van der Waals surface area contributed by atoms with Gasteiger partial charge in [-0.3, -0.25) is 4.79 Å². The number of anilines is 1. The summed E-state index contributed by atoms with van der Waals surface area (Å²) in [6, 6.07) is 23.3. The van der Waals surface area contributed by atoms with Gasteiger partial charge < -0.3 is 9.88 Å². The minimum absolute atomic E-state index is 0.0808. The summed E-state index contributed by atoms with van der Waals surface area (Å²) < 4.78 is 0. The monoisotopic (exact) mass is 426 g/mol. The molecule has 2 aromatic heterocycles. The summed E-state index contributed by atoms with van der Waals surface area (Å²) >= 11 is 0. The second-order valence-electron chi connectivity index (χ2n) is 8.07. The van der Waals surface area contributed by atoms with Gasteiger partial charge in [0.05, 0.1) is 11.0 Å². The predicted octanol–water partition coefficient (Wildman–Crippen LogP) is 6.63. The lowest BCUT2D eigenvalue weighted by Gasteiger charge is -2.22. The third kappa shape index (κ3) is 5.22. The summed E-state index contributed by atoms with van der Waals surface area (Å²) in [5.74, 6) is 0.589. The molecule has 4 rings (SSSR count). The molecule has 1 amide bonds. The third-order valence-corrected chi connectivity index (χ3v) is 5.65. The van der Waals surface area contributed by atoms with Crippen LogP contribution < -0.4 is 4.90 Å². The van der Waals surface area contributed by atoms with Crippen molar-refractivity contribution in [3.63, 3.8) is 0 Å². The van der Waals surface area contributed by atoms with Gasteiger partial charge in [0.25, 0.3) is 5.91 Å². The third-order valence-electron chi connectivity index (χ3n) is 5.65. The summed E-state index contributed by atoms with van der Waals surface area (Å²) in [6.07, 6.45) is 7.10. The average molecular weight is 427 g/mol. The summed E-state index contributed by atoms with van der Waals surface area (Å²) in [5.41, 5.74) is 3.84. The largest absolute Gasteiger partial charge is 0.337 e. The standard InChI is InChI=1S/C27H30N4O/c1-2-3-4-5-6-12-20-31(21-14-8-7-9-15-21)27(32)25-19-13-18-24(28-25)26-29-22-16-10-11-17-23(22)30-26/h7-11,13-19H,2-6,12,20H2,1H3,(H,29,30). The quantitative estimate of drug-likeness (QED) is 0.289. The first kappa shape index (κ1) is 21.8. The number of aromatic nitrogens is 3. The lowest BCUT2D eigenvalue weighted by atomic mass is 10.1. The van der Waals surface area contributed by atoms with Crippen LogP contribution in [-0.4, -0.2) is 27.4 Å². The first-order valence-electron chi connectivity index (χ1n) is 11.6. The van der Waals surface area contributed by atoms with Crippen LogP contribution in [0.3, 0.4) is 0 Å². The smallest absolute Gasteiger partial charge is 0.276 e. The summed E-state index contributed by atoms with van der Waals surface area (Å²) in [4.78, 5) is 27.9. The van der Waals surface area contributed by atoms with Crippen molar-refractivity contribution < 1.29 is 4.79 Å². The van der Waals surface area contributed by atoms with Crippen molar-refractivity contribution in [1.82, 2.24) is 15.0 Å². The lowest BCUT2D eigenvalue weighted by Crippen LogP contribution is -2.32. The number of imidazole rings is 1. The molecule has 0 atom stereocenters. The normalized spacial score (nSPS) is 11.0. The van der Waals surface area contributed by atoms with Gasteiger partial charge in [0.2, 0.25) is 0 Å². The number of nitrogens with zero attached hydrogens (tertiary/aromatic N) is 3. The molecule has 5 nitrogen and oxygen atoms in total. The molecule has 164 valence electrons. The molecule has 0 aliphatic carbocycles. The Labute approximate surface area is 189 Å². The van der Waals surface area contributed by atoms with E-state index in [1.807, 2.05) is 71.6 Å². The van der Waals surface area contributed by atoms with Gasteiger partial charge in [-0.15, -0.1) is 0 Å². The molecule has 0 fully saturated rings. The van der Waals surface area contributed by atoms with Crippen molar-refractivity contribution in [3.8, 4) is 11.5 Å². The predicted molar refractivity (Wildman–Crippen MR) is 131 cm³/mol. The van der Waals surface area contributed by atoms with Crippen LogP contribution in [0.5, 0.6) is 0 Å². The van der Waals surface area contributed by atoms with E-state index >= 15 is 0 Å². The number of aromatic amines is 1. The SMILES string of the molecule is CCCCCCCCN(C(=O)c1cccc(-c2nc3ccccc3[nH]2)n1)c1ccccc1. The van der Waals surface area contributed by atoms with Gasteiger partial charge in [-0.05, 0) is 42.8 Å². The van der Waals surface area contributed by atoms with Crippen molar-refractivity contribution in [2.45, 2.75) is 45.4 Å². The molecule has 0 unspecified atom stereocenters. The van der Waals surface area contributed by atoms with E-state index in [0.29, 0.717) is 23.8 Å². The van der Waals surface area contributed by atoms with Gasteiger partial charge in [0.15, 0.2) is 5.82 Å². The molecule has 2 aromatic carbocycles. The molecule has 0 aliphatic heterocycles. The van der Waals surface area contributed by atoms with Crippen molar-refractivity contribution in [1.29, 1.82) is 0 Å². The van der Waals surface area contributed by atoms with E-state index in [0.717, 1.165) is 29.6 Å². The van der Waals surface area contributed by atoms with E-state index < -0.39 is 0 Å². The number of amides is 1. The molecular weight excluding hydrogens is 396 g/mol. The number of hydrogen-bond acceptors (Lipinski definition) is 3. The first-order valence-corrected chi connectivity index (χ1v) is 11.6. The Bertz CT molecular complexity index is 1120. The van der Waals surface area contributed by atoms with Crippen LogP contribution in [0.25, 0.3) is 22.6 Å². The first-order chi connectivity index (χ1) is 15.8. The minimum atomic E-state index is -0.0808. The van der Waals surface area contributed by atoms with Crippen LogP contribution in [0.15, 0.2) is 72.8 Å². The maximum Gasteiger partial charge on any atom is 0.276 e. The number of rotatable bonds is 10. The number of fused-ring (bicyclic) bond motifs is 1. The number of unbranched alkanes of at least 4 members (excludes halogenated alkanes) is 5. The van der Waals surface area contributed by atoms with Crippen molar-refractivity contribution >= 4 is 22.6 Å². The molecule has 0 saturated heterocycles. The van der Waals surface area contributed by atoms with Crippen LogP contribution in [-0.2, 0) is 0 Å². The molecule has 0 saturated carbocycles. The number of carbonyl (C=O) groups is 1. The molecular formula is C27H30N4O. The summed E-state index contributed by atoms with van der Waals surface area (Å²) in [7, 11) is 0. The zero-order valence-corrected chi connectivity index (χ0v) is 18.6. The van der Waals surface area contributed by atoms with Crippen molar-refractivity contribution in [2.24, 2.45) is 0 Å². The fraction of sp³-hybridized carbons (Fsp3) is 0.296. The van der Waals surface area contributed by atoms with E-state index in [4.69, 9.17) is 0 Å².